The van der Waals surface area contributed by atoms with Crippen molar-refractivity contribution in [2.45, 2.75) is 32.2 Å². The second-order valence-electron chi connectivity index (χ2n) is 7.35. The molecule has 2 rings (SSSR count). The van der Waals surface area contributed by atoms with E-state index in [9.17, 15) is 22.8 Å². The summed E-state index contributed by atoms with van der Waals surface area (Å²) in [6.07, 6.45) is 0. The van der Waals surface area contributed by atoms with E-state index >= 15 is 0 Å². The van der Waals surface area contributed by atoms with Gasteiger partial charge in [0.05, 0.1) is 4.90 Å². The Hall–Kier alpha value is -3.24. The number of carbonyl (C=O) groups is 3. The van der Waals surface area contributed by atoms with Crippen molar-refractivity contribution < 1.29 is 27.5 Å². The van der Waals surface area contributed by atoms with Crippen molar-refractivity contribution >= 4 is 27.8 Å². The minimum absolute atomic E-state index is 0.0849. The molecule has 0 aliphatic carbocycles. The van der Waals surface area contributed by atoms with Gasteiger partial charge in [0, 0.05) is 31.7 Å². The number of hydrogen-bond acceptors (Lipinski definition) is 6. The number of hydrogen-bond donors (Lipinski definition) is 1. The SMILES string of the molecule is CCN(Cc1ccccc1)C(=O)COC(=O)CNC(=O)c1ccc(S(=O)(=O)N(CC)CC)cc1. The molecule has 1 N–H and O–H groups in total. The van der Waals surface area contributed by atoms with Gasteiger partial charge in [-0.1, -0.05) is 44.2 Å². The molecule has 0 heterocycles. The van der Waals surface area contributed by atoms with Gasteiger partial charge in [0.2, 0.25) is 10.0 Å². The molecule has 0 saturated carbocycles. The number of nitrogens with zero attached hydrogens (tertiary/aromatic N) is 2. The van der Waals surface area contributed by atoms with Crippen molar-refractivity contribution in [1.29, 1.82) is 0 Å². The standard InChI is InChI=1S/C24H31N3O6S/c1-4-26(17-19-10-8-7-9-11-19)22(28)18-33-23(29)16-25-24(30)20-12-14-21(15-13-20)34(31,32)27(5-2)6-3/h7-15H,4-6,16-18H2,1-3H3,(H,25,30). The molecule has 9 nitrogen and oxygen atoms in total. The Morgan fingerprint density at radius 3 is 2.06 bits per heavy atom. The lowest BCUT2D eigenvalue weighted by molar-refractivity contribution is -0.151. The van der Waals surface area contributed by atoms with Crippen LogP contribution in [0.5, 0.6) is 0 Å². The number of ether oxygens (including phenoxy) is 1. The summed E-state index contributed by atoms with van der Waals surface area (Å²) in [5.74, 6) is -1.65. The van der Waals surface area contributed by atoms with Crippen LogP contribution in [-0.4, -0.2) is 68.2 Å². The van der Waals surface area contributed by atoms with E-state index in [0.717, 1.165) is 5.56 Å². The maximum Gasteiger partial charge on any atom is 0.325 e. The van der Waals surface area contributed by atoms with Crippen molar-refractivity contribution in [3.8, 4) is 0 Å². The molecule has 0 bridgehead atoms. The summed E-state index contributed by atoms with van der Waals surface area (Å²) < 4.78 is 31.4. The highest BCUT2D eigenvalue weighted by Gasteiger charge is 2.22. The highest BCUT2D eigenvalue weighted by molar-refractivity contribution is 7.89. The predicted octanol–water partition coefficient (Wildman–Crippen LogP) is 2.04. The van der Waals surface area contributed by atoms with Gasteiger partial charge in [0.25, 0.3) is 11.8 Å². The van der Waals surface area contributed by atoms with Crippen LogP contribution in [-0.2, 0) is 30.9 Å². The molecule has 0 aliphatic heterocycles. The quantitative estimate of drug-likeness (QED) is 0.457. The minimum Gasteiger partial charge on any atom is -0.454 e. The van der Waals surface area contributed by atoms with Crippen molar-refractivity contribution in [3.05, 3.63) is 65.7 Å². The van der Waals surface area contributed by atoms with E-state index in [4.69, 9.17) is 4.74 Å². The van der Waals surface area contributed by atoms with Gasteiger partial charge in [0.1, 0.15) is 6.54 Å². The molecular formula is C24H31N3O6S. The van der Waals surface area contributed by atoms with Crippen LogP contribution in [0.15, 0.2) is 59.5 Å². The second-order valence-corrected chi connectivity index (χ2v) is 9.29. The fraction of sp³-hybridized carbons (Fsp3) is 0.375. The molecule has 0 spiro atoms. The predicted molar refractivity (Wildman–Crippen MR) is 127 cm³/mol. The van der Waals surface area contributed by atoms with Crippen LogP contribution in [0.1, 0.15) is 36.7 Å². The van der Waals surface area contributed by atoms with E-state index in [0.29, 0.717) is 26.2 Å². The fourth-order valence-electron chi connectivity index (χ4n) is 3.21. The third-order valence-electron chi connectivity index (χ3n) is 5.16. The average Bonchev–Trinajstić information content (AvgIpc) is 2.85. The van der Waals surface area contributed by atoms with Crippen LogP contribution in [0.25, 0.3) is 0 Å². The highest BCUT2D eigenvalue weighted by Crippen LogP contribution is 2.16. The van der Waals surface area contributed by atoms with E-state index < -0.39 is 35.1 Å². The molecule has 0 unspecified atom stereocenters. The summed E-state index contributed by atoms with van der Waals surface area (Å²) in [5, 5.41) is 2.41. The van der Waals surface area contributed by atoms with Gasteiger partial charge in [-0.2, -0.15) is 4.31 Å². The number of sulfonamides is 1. The molecule has 0 aromatic heterocycles. The monoisotopic (exact) mass is 489 g/mol. The summed E-state index contributed by atoms with van der Waals surface area (Å²) >= 11 is 0. The lowest BCUT2D eigenvalue weighted by atomic mass is 10.2. The second kappa shape index (κ2) is 12.9. The third kappa shape index (κ3) is 7.39. The van der Waals surface area contributed by atoms with E-state index in [1.54, 1.807) is 18.7 Å². The maximum atomic E-state index is 12.5. The first-order chi connectivity index (χ1) is 16.2. The number of rotatable bonds is 12. The summed E-state index contributed by atoms with van der Waals surface area (Å²) in [4.78, 5) is 38.3. The van der Waals surface area contributed by atoms with Crippen LogP contribution in [0.2, 0.25) is 0 Å². The molecule has 2 aromatic rings. The Balaban J connectivity index is 1.84. The Labute approximate surface area is 200 Å². The number of amides is 2. The van der Waals surface area contributed by atoms with Crippen LogP contribution in [0.4, 0.5) is 0 Å². The number of benzene rings is 2. The van der Waals surface area contributed by atoms with Gasteiger partial charge in [-0.3, -0.25) is 14.4 Å². The normalized spacial score (nSPS) is 11.2. The van der Waals surface area contributed by atoms with Gasteiger partial charge in [-0.25, -0.2) is 8.42 Å². The number of likely N-dealkylation sites (N-methyl/N-ethyl adjacent to an activating group) is 1. The zero-order chi connectivity index (χ0) is 25.1. The summed E-state index contributed by atoms with van der Waals surface area (Å²) in [6, 6.07) is 14.9. The summed E-state index contributed by atoms with van der Waals surface area (Å²) in [7, 11) is -3.62. The third-order valence-corrected chi connectivity index (χ3v) is 7.22. The van der Waals surface area contributed by atoms with Gasteiger partial charge >= 0.3 is 5.97 Å². The fourth-order valence-corrected chi connectivity index (χ4v) is 4.67. The molecule has 0 radical (unpaired) electrons. The molecule has 34 heavy (non-hydrogen) atoms. The molecule has 2 amide bonds. The highest BCUT2D eigenvalue weighted by atomic mass is 32.2. The lowest BCUT2D eigenvalue weighted by Crippen LogP contribution is -2.36. The largest absolute Gasteiger partial charge is 0.454 e. The van der Waals surface area contributed by atoms with E-state index in [1.165, 1.54) is 28.6 Å². The van der Waals surface area contributed by atoms with Crippen molar-refractivity contribution in [2.24, 2.45) is 0 Å². The van der Waals surface area contributed by atoms with Gasteiger partial charge in [-0.15, -0.1) is 0 Å². The Kier molecular flexibility index (Phi) is 10.2. The average molecular weight is 490 g/mol. The van der Waals surface area contributed by atoms with Gasteiger partial charge < -0.3 is 15.0 Å². The first-order valence-electron chi connectivity index (χ1n) is 11.1. The maximum absolute atomic E-state index is 12.5. The van der Waals surface area contributed by atoms with Crippen molar-refractivity contribution in [2.75, 3.05) is 32.8 Å². The molecule has 10 heteroatoms. The lowest BCUT2D eigenvalue weighted by Gasteiger charge is -2.20. The minimum atomic E-state index is -3.62. The summed E-state index contributed by atoms with van der Waals surface area (Å²) in [5.41, 5.74) is 1.16. The van der Waals surface area contributed by atoms with Crippen LogP contribution < -0.4 is 5.32 Å². The van der Waals surface area contributed by atoms with Gasteiger partial charge in [0.15, 0.2) is 6.61 Å². The zero-order valence-corrected chi connectivity index (χ0v) is 20.5. The first-order valence-corrected chi connectivity index (χ1v) is 12.5. The van der Waals surface area contributed by atoms with Crippen LogP contribution in [0, 0.1) is 0 Å². The molecule has 0 atom stereocenters. The zero-order valence-electron chi connectivity index (χ0n) is 19.7. The molecule has 0 aliphatic rings. The van der Waals surface area contributed by atoms with Crippen molar-refractivity contribution in [1.82, 2.24) is 14.5 Å². The molecule has 184 valence electrons. The van der Waals surface area contributed by atoms with Crippen molar-refractivity contribution in [3.63, 3.8) is 0 Å². The van der Waals surface area contributed by atoms with E-state index in [-0.39, 0.29) is 16.4 Å². The number of nitrogens with one attached hydrogen (secondary N) is 1. The Bertz CT molecular complexity index is 1070. The van der Waals surface area contributed by atoms with E-state index in [2.05, 4.69) is 5.32 Å². The first kappa shape index (κ1) is 27.0. The molecule has 0 saturated heterocycles. The Morgan fingerprint density at radius 2 is 1.50 bits per heavy atom. The van der Waals surface area contributed by atoms with Crippen LogP contribution in [0.3, 0.4) is 0 Å². The number of esters is 1. The topological polar surface area (TPSA) is 113 Å². The molecular weight excluding hydrogens is 458 g/mol. The Morgan fingerprint density at radius 1 is 0.882 bits per heavy atom. The molecule has 2 aromatic carbocycles. The summed E-state index contributed by atoms with van der Waals surface area (Å²) in [6.45, 7) is 6.04. The number of carbonyl (C=O) groups excluding carboxylic acids is 3. The van der Waals surface area contributed by atoms with E-state index in [1.807, 2.05) is 37.3 Å². The van der Waals surface area contributed by atoms with Gasteiger partial charge in [-0.05, 0) is 36.8 Å². The molecule has 0 fully saturated rings. The van der Waals surface area contributed by atoms with Crippen LogP contribution >= 0.6 is 0 Å². The smallest absolute Gasteiger partial charge is 0.325 e.